The van der Waals surface area contributed by atoms with Gasteiger partial charge in [-0.05, 0) is 34.1 Å². The van der Waals surface area contributed by atoms with Crippen LogP contribution in [-0.4, -0.2) is 49.0 Å². The Morgan fingerprint density at radius 2 is 1.97 bits per heavy atom. The van der Waals surface area contributed by atoms with Gasteiger partial charge < -0.3 is 24.3 Å². The normalized spacial score (nSPS) is 18.2. The topological polar surface area (TPSA) is 74.9 Å². The van der Waals surface area contributed by atoms with E-state index in [0.717, 1.165) is 21.8 Å². The van der Waals surface area contributed by atoms with Crippen molar-refractivity contribution in [2.45, 2.75) is 19.4 Å². The molecule has 1 fully saturated rings. The molecule has 1 N–H and O–H groups in total. The molecular formula is C24H24BrN3O4. The van der Waals surface area contributed by atoms with Crippen LogP contribution in [0.5, 0.6) is 11.5 Å². The number of aromatic amines is 1. The van der Waals surface area contributed by atoms with Crippen molar-refractivity contribution in [1.82, 2.24) is 9.88 Å². The number of hydrogen-bond acceptors (Lipinski definition) is 4. The Kier molecular flexibility index (Phi) is 5.33. The van der Waals surface area contributed by atoms with Gasteiger partial charge in [0.2, 0.25) is 11.8 Å². The van der Waals surface area contributed by atoms with Crippen LogP contribution < -0.4 is 14.4 Å². The van der Waals surface area contributed by atoms with Crippen molar-refractivity contribution >= 4 is 44.3 Å². The number of rotatable bonds is 4. The average molecular weight is 498 g/mol. The number of nitrogens with zero attached hydrogens (tertiary/aromatic N) is 2. The lowest BCUT2D eigenvalue weighted by atomic mass is 10.0. The van der Waals surface area contributed by atoms with Gasteiger partial charge in [0.15, 0.2) is 11.5 Å². The van der Waals surface area contributed by atoms with Crippen LogP contribution in [0.4, 0.5) is 5.69 Å². The standard InChI is InChI=1S/C24H24BrN3O4/c1-31-20-7-6-15(11-21(20)32-2)28-12-14(10-22(28)29)24(30)27-9-8-19-17(13-27)16-4-3-5-18(25)23(16)26-19/h3-7,11,14,26H,8-10,12-13H2,1-2H3. The number of carbonyl (C=O) groups is 2. The highest BCUT2D eigenvalue weighted by atomic mass is 79.9. The third-order valence-corrected chi connectivity index (χ3v) is 7.09. The molecule has 2 aromatic carbocycles. The molecule has 3 aromatic rings. The first-order chi connectivity index (χ1) is 15.5. The number of halogens is 1. The van der Waals surface area contributed by atoms with Gasteiger partial charge in [-0.3, -0.25) is 9.59 Å². The molecule has 5 rings (SSSR count). The van der Waals surface area contributed by atoms with Gasteiger partial charge in [0.25, 0.3) is 0 Å². The molecule has 32 heavy (non-hydrogen) atoms. The SMILES string of the molecule is COc1ccc(N2CC(C(=O)N3CCc4[nH]c5c(Br)cccc5c4C3)CC2=O)cc1OC. The summed E-state index contributed by atoms with van der Waals surface area (Å²) in [5, 5.41) is 1.14. The third-order valence-electron chi connectivity index (χ3n) is 6.42. The Labute approximate surface area is 194 Å². The summed E-state index contributed by atoms with van der Waals surface area (Å²) in [6, 6.07) is 11.5. The Morgan fingerprint density at radius 1 is 1.16 bits per heavy atom. The fourth-order valence-corrected chi connectivity index (χ4v) is 5.23. The maximum absolute atomic E-state index is 13.4. The van der Waals surface area contributed by atoms with Gasteiger partial charge in [0.05, 0.1) is 25.7 Å². The fraction of sp³-hybridized carbons (Fsp3) is 0.333. The maximum atomic E-state index is 13.4. The van der Waals surface area contributed by atoms with Crippen LogP contribution in [0, 0.1) is 5.92 Å². The number of aromatic nitrogens is 1. The van der Waals surface area contributed by atoms with E-state index < -0.39 is 0 Å². The molecule has 2 amide bonds. The summed E-state index contributed by atoms with van der Waals surface area (Å²) in [7, 11) is 3.14. The molecular weight excluding hydrogens is 474 g/mol. The first-order valence-corrected chi connectivity index (χ1v) is 11.4. The number of anilines is 1. The van der Waals surface area contributed by atoms with Crippen molar-refractivity contribution in [3.05, 3.63) is 52.1 Å². The van der Waals surface area contributed by atoms with E-state index in [1.165, 1.54) is 11.3 Å². The van der Waals surface area contributed by atoms with E-state index in [1.54, 1.807) is 31.3 Å². The summed E-state index contributed by atoms with van der Waals surface area (Å²) >= 11 is 3.60. The van der Waals surface area contributed by atoms with Crippen molar-refractivity contribution < 1.29 is 19.1 Å². The summed E-state index contributed by atoms with van der Waals surface area (Å²) in [4.78, 5) is 33.2. The Bertz CT molecular complexity index is 1220. The number of H-pyrrole nitrogens is 1. The molecule has 1 unspecified atom stereocenters. The van der Waals surface area contributed by atoms with Crippen LogP contribution in [0.2, 0.25) is 0 Å². The lowest BCUT2D eigenvalue weighted by Gasteiger charge is -2.29. The molecule has 7 nitrogen and oxygen atoms in total. The van der Waals surface area contributed by atoms with Crippen molar-refractivity contribution in [1.29, 1.82) is 0 Å². The molecule has 0 saturated carbocycles. The van der Waals surface area contributed by atoms with Crippen LogP contribution in [0.25, 0.3) is 10.9 Å². The second-order valence-corrected chi connectivity index (χ2v) is 9.05. The van der Waals surface area contributed by atoms with Gasteiger partial charge in [-0.2, -0.15) is 0 Å². The largest absolute Gasteiger partial charge is 0.493 e. The van der Waals surface area contributed by atoms with Gasteiger partial charge in [-0.15, -0.1) is 0 Å². The number of benzene rings is 2. The van der Waals surface area contributed by atoms with E-state index in [-0.39, 0.29) is 24.2 Å². The van der Waals surface area contributed by atoms with Crippen molar-refractivity contribution in [2.75, 3.05) is 32.2 Å². The van der Waals surface area contributed by atoms with Crippen molar-refractivity contribution in [3.8, 4) is 11.5 Å². The molecule has 1 atom stereocenters. The molecule has 2 aliphatic rings. The van der Waals surface area contributed by atoms with Crippen molar-refractivity contribution in [3.63, 3.8) is 0 Å². The van der Waals surface area contributed by atoms with E-state index in [2.05, 4.69) is 27.0 Å². The highest BCUT2D eigenvalue weighted by molar-refractivity contribution is 9.10. The Hall–Kier alpha value is -3.00. The van der Waals surface area contributed by atoms with Crippen LogP contribution in [0.1, 0.15) is 17.7 Å². The van der Waals surface area contributed by atoms with Crippen LogP contribution in [0.3, 0.4) is 0 Å². The van der Waals surface area contributed by atoms with Gasteiger partial charge in [-0.25, -0.2) is 0 Å². The van der Waals surface area contributed by atoms with E-state index in [0.29, 0.717) is 36.8 Å². The van der Waals surface area contributed by atoms with Gasteiger partial charge in [-0.1, -0.05) is 12.1 Å². The highest BCUT2D eigenvalue weighted by Gasteiger charge is 2.38. The Morgan fingerprint density at radius 3 is 2.75 bits per heavy atom. The number of carbonyl (C=O) groups excluding carboxylic acids is 2. The highest BCUT2D eigenvalue weighted by Crippen LogP contribution is 2.36. The lowest BCUT2D eigenvalue weighted by Crippen LogP contribution is -2.40. The maximum Gasteiger partial charge on any atom is 0.228 e. The average Bonchev–Trinajstić information content (AvgIpc) is 3.39. The fourth-order valence-electron chi connectivity index (χ4n) is 4.76. The quantitative estimate of drug-likeness (QED) is 0.593. The number of hydrogen-bond donors (Lipinski definition) is 1. The van der Waals surface area contributed by atoms with Crippen LogP contribution >= 0.6 is 15.9 Å². The summed E-state index contributed by atoms with van der Waals surface area (Å²) in [5.74, 6) is 0.793. The minimum absolute atomic E-state index is 0.0383. The molecule has 1 saturated heterocycles. The number of methoxy groups -OCH3 is 2. The monoisotopic (exact) mass is 497 g/mol. The van der Waals surface area contributed by atoms with Crippen molar-refractivity contribution in [2.24, 2.45) is 5.92 Å². The summed E-state index contributed by atoms with van der Waals surface area (Å²) in [6.07, 6.45) is 0.998. The minimum Gasteiger partial charge on any atom is -0.493 e. The summed E-state index contributed by atoms with van der Waals surface area (Å²) in [6.45, 7) is 1.58. The zero-order valence-electron chi connectivity index (χ0n) is 18.0. The number of fused-ring (bicyclic) bond motifs is 3. The first-order valence-electron chi connectivity index (χ1n) is 10.6. The van der Waals surface area contributed by atoms with Gasteiger partial charge >= 0.3 is 0 Å². The minimum atomic E-state index is -0.353. The second-order valence-electron chi connectivity index (χ2n) is 8.20. The first kappa shape index (κ1) is 20.9. The van der Waals surface area contributed by atoms with E-state index in [1.807, 2.05) is 23.1 Å². The van der Waals surface area contributed by atoms with Crippen LogP contribution in [-0.2, 0) is 22.6 Å². The lowest BCUT2D eigenvalue weighted by molar-refractivity contribution is -0.136. The number of para-hydroxylation sites is 1. The van der Waals surface area contributed by atoms with Crippen LogP contribution in [0.15, 0.2) is 40.9 Å². The number of nitrogens with one attached hydrogen (secondary N) is 1. The molecule has 8 heteroatoms. The zero-order chi connectivity index (χ0) is 22.4. The summed E-state index contributed by atoms with van der Waals surface area (Å²) in [5.41, 5.74) is 4.14. The smallest absolute Gasteiger partial charge is 0.228 e. The van der Waals surface area contributed by atoms with E-state index in [9.17, 15) is 9.59 Å². The molecule has 0 spiro atoms. The molecule has 0 radical (unpaired) electrons. The predicted octanol–water partition coefficient (Wildman–Crippen LogP) is 3.89. The molecule has 0 aliphatic carbocycles. The van der Waals surface area contributed by atoms with E-state index >= 15 is 0 Å². The third kappa shape index (κ3) is 3.43. The molecule has 0 bridgehead atoms. The number of ether oxygens (including phenoxy) is 2. The zero-order valence-corrected chi connectivity index (χ0v) is 19.6. The van der Waals surface area contributed by atoms with Gasteiger partial charge in [0, 0.05) is 65.3 Å². The molecule has 3 heterocycles. The molecule has 2 aliphatic heterocycles. The molecule has 1 aromatic heterocycles. The Balaban J connectivity index is 1.35. The van der Waals surface area contributed by atoms with Gasteiger partial charge in [0.1, 0.15) is 0 Å². The van der Waals surface area contributed by atoms with E-state index in [4.69, 9.17) is 9.47 Å². The number of amides is 2. The molecule has 166 valence electrons. The second kappa shape index (κ2) is 8.16. The predicted molar refractivity (Wildman–Crippen MR) is 125 cm³/mol. The summed E-state index contributed by atoms with van der Waals surface area (Å²) < 4.78 is 11.7.